The fourth-order valence-corrected chi connectivity index (χ4v) is 1.78. The quantitative estimate of drug-likeness (QED) is 0.937. The van der Waals surface area contributed by atoms with Gasteiger partial charge in [0.15, 0.2) is 0 Å². The van der Waals surface area contributed by atoms with Gasteiger partial charge in [-0.3, -0.25) is 0 Å². The van der Waals surface area contributed by atoms with E-state index in [0.717, 1.165) is 21.6 Å². The van der Waals surface area contributed by atoms with Crippen molar-refractivity contribution in [2.24, 2.45) is 0 Å². The molecule has 0 aliphatic carbocycles. The highest BCUT2D eigenvalue weighted by molar-refractivity contribution is 9.10. The first-order valence-corrected chi connectivity index (χ1v) is 6.09. The lowest BCUT2D eigenvalue weighted by Crippen LogP contribution is -1.98. The number of nitrogens with zero attached hydrogens (tertiary/aromatic N) is 1. The normalized spacial score (nSPS) is 10.0. The van der Waals surface area contributed by atoms with Gasteiger partial charge < -0.3 is 10.1 Å². The predicted octanol–water partition coefficient (Wildman–Crippen LogP) is 3.46. The molecule has 0 bridgehead atoms. The van der Waals surface area contributed by atoms with Crippen LogP contribution in [0.4, 0.5) is 5.82 Å². The Morgan fingerprint density at radius 3 is 2.71 bits per heavy atom. The van der Waals surface area contributed by atoms with Crippen LogP contribution >= 0.6 is 15.9 Å². The van der Waals surface area contributed by atoms with Crippen LogP contribution in [0.25, 0.3) is 0 Å². The number of para-hydroxylation sites is 1. The molecule has 4 heteroatoms. The van der Waals surface area contributed by atoms with Crippen molar-refractivity contribution in [1.29, 1.82) is 0 Å². The predicted molar refractivity (Wildman–Crippen MR) is 72.3 cm³/mol. The van der Waals surface area contributed by atoms with Gasteiger partial charge in [-0.25, -0.2) is 4.98 Å². The summed E-state index contributed by atoms with van der Waals surface area (Å²) < 4.78 is 6.65. The number of hydrogen-bond acceptors (Lipinski definition) is 3. The van der Waals surface area contributed by atoms with Gasteiger partial charge in [0.05, 0.1) is 4.47 Å². The van der Waals surface area contributed by atoms with Gasteiger partial charge in [-0.1, -0.05) is 18.2 Å². The third-order valence-corrected chi connectivity index (χ3v) is 2.97. The van der Waals surface area contributed by atoms with E-state index < -0.39 is 0 Å². The van der Waals surface area contributed by atoms with Crippen LogP contribution in [0, 0.1) is 0 Å². The summed E-state index contributed by atoms with van der Waals surface area (Å²) in [5.41, 5.74) is 1.04. The van der Waals surface area contributed by atoms with Gasteiger partial charge in [-0.15, -0.1) is 0 Å². The van der Waals surface area contributed by atoms with Crippen LogP contribution < -0.4 is 10.1 Å². The van der Waals surface area contributed by atoms with Crippen LogP contribution in [0.3, 0.4) is 0 Å². The molecule has 0 fully saturated rings. The Bertz CT molecular complexity index is 485. The molecule has 0 aliphatic heterocycles. The summed E-state index contributed by atoms with van der Waals surface area (Å²) in [5.74, 6) is 1.69. The highest BCUT2D eigenvalue weighted by Crippen LogP contribution is 2.24. The first kappa shape index (κ1) is 11.9. The Morgan fingerprint density at radius 2 is 2.06 bits per heavy atom. The zero-order valence-electron chi connectivity index (χ0n) is 9.48. The van der Waals surface area contributed by atoms with Crippen molar-refractivity contribution in [1.82, 2.24) is 4.98 Å². The van der Waals surface area contributed by atoms with Crippen LogP contribution in [-0.2, 0) is 6.61 Å². The number of pyridine rings is 1. The first-order chi connectivity index (χ1) is 8.29. The lowest BCUT2D eigenvalue weighted by molar-refractivity contribution is 0.304. The molecule has 3 nitrogen and oxygen atoms in total. The number of hydrogen-bond donors (Lipinski definition) is 1. The highest BCUT2D eigenvalue weighted by atomic mass is 79.9. The van der Waals surface area contributed by atoms with Crippen molar-refractivity contribution in [2.75, 3.05) is 12.4 Å². The summed E-state index contributed by atoms with van der Waals surface area (Å²) in [5, 5.41) is 2.98. The van der Waals surface area contributed by atoms with Crippen molar-refractivity contribution in [3.05, 3.63) is 52.6 Å². The van der Waals surface area contributed by atoms with E-state index in [4.69, 9.17) is 4.74 Å². The molecule has 0 atom stereocenters. The molecule has 17 heavy (non-hydrogen) atoms. The van der Waals surface area contributed by atoms with E-state index in [1.54, 1.807) is 0 Å². The molecule has 1 aromatic heterocycles. The first-order valence-electron chi connectivity index (χ1n) is 5.29. The van der Waals surface area contributed by atoms with Crippen LogP contribution in [0.1, 0.15) is 5.56 Å². The molecule has 0 aliphatic rings. The average Bonchev–Trinajstić information content (AvgIpc) is 2.38. The van der Waals surface area contributed by atoms with E-state index in [2.05, 4.69) is 26.2 Å². The minimum Gasteiger partial charge on any atom is -0.488 e. The zero-order chi connectivity index (χ0) is 12.1. The Balaban J connectivity index is 2.00. The molecule has 1 N–H and O–H groups in total. The highest BCUT2D eigenvalue weighted by Gasteiger charge is 2.00. The monoisotopic (exact) mass is 292 g/mol. The number of rotatable bonds is 4. The lowest BCUT2D eigenvalue weighted by Gasteiger charge is -2.08. The molecular formula is C13H13BrN2O. The molecule has 0 radical (unpaired) electrons. The van der Waals surface area contributed by atoms with Gasteiger partial charge in [0.2, 0.25) is 0 Å². The lowest BCUT2D eigenvalue weighted by atomic mass is 10.3. The molecule has 0 saturated heterocycles. The van der Waals surface area contributed by atoms with Crippen molar-refractivity contribution in [3.8, 4) is 5.75 Å². The Morgan fingerprint density at radius 1 is 1.24 bits per heavy atom. The largest absolute Gasteiger partial charge is 0.488 e. The topological polar surface area (TPSA) is 34.1 Å². The SMILES string of the molecule is CNc1ccc(COc2ccccc2Br)cn1. The fraction of sp³-hybridized carbons (Fsp3) is 0.154. The summed E-state index contributed by atoms with van der Waals surface area (Å²) in [6.07, 6.45) is 1.81. The minimum absolute atomic E-state index is 0.513. The van der Waals surface area contributed by atoms with Crippen molar-refractivity contribution >= 4 is 21.7 Å². The molecule has 0 amide bonds. The summed E-state index contributed by atoms with van der Waals surface area (Å²) in [7, 11) is 1.85. The van der Waals surface area contributed by atoms with Gasteiger partial charge in [-0.05, 0) is 34.1 Å². The molecule has 1 heterocycles. The van der Waals surface area contributed by atoms with Crippen molar-refractivity contribution in [3.63, 3.8) is 0 Å². The van der Waals surface area contributed by atoms with Crippen molar-refractivity contribution < 1.29 is 4.74 Å². The van der Waals surface area contributed by atoms with E-state index in [1.165, 1.54) is 0 Å². The molecule has 1 aromatic carbocycles. The Labute approximate surface area is 109 Å². The fourth-order valence-electron chi connectivity index (χ4n) is 1.38. The van der Waals surface area contributed by atoms with E-state index in [9.17, 15) is 0 Å². The van der Waals surface area contributed by atoms with Crippen LogP contribution in [0.2, 0.25) is 0 Å². The number of halogens is 1. The summed E-state index contributed by atoms with van der Waals surface area (Å²) in [4.78, 5) is 4.23. The summed E-state index contributed by atoms with van der Waals surface area (Å²) in [6, 6.07) is 11.7. The maximum absolute atomic E-state index is 5.69. The minimum atomic E-state index is 0.513. The van der Waals surface area contributed by atoms with Gasteiger partial charge in [0.25, 0.3) is 0 Å². The smallest absolute Gasteiger partial charge is 0.133 e. The second-order valence-corrected chi connectivity index (χ2v) is 4.38. The second-order valence-electron chi connectivity index (χ2n) is 3.52. The van der Waals surface area contributed by atoms with Crippen LogP contribution in [-0.4, -0.2) is 12.0 Å². The third kappa shape index (κ3) is 3.20. The molecule has 2 rings (SSSR count). The van der Waals surface area contributed by atoms with Crippen molar-refractivity contribution in [2.45, 2.75) is 6.61 Å². The maximum Gasteiger partial charge on any atom is 0.133 e. The van der Waals surface area contributed by atoms with Gasteiger partial charge in [0, 0.05) is 18.8 Å². The number of aromatic nitrogens is 1. The van der Waals surface area contributed by atoms with Crippen LogP contribution in [0.5, 0.6) is 5.75 Å². The number of anilines is 1. The van der Waals surface area contributed by atoms with Crippen LogP contribution in [0.15, 0.2) is 47.1 Å². The molecule has 88 valence electrons. The Hall–Kier alpha value is -1.55. The molecule has 0 unspecified atom stereocenters. The number of ether oxygens (including phenoxy) is 1. The van der Waals surface area contributed by atoms with E-state index in [1.807, 2.05) is 49.6 Å². The van der Waals surface area contributed by atoms with Gasteiger partial charge in [-0.2, -0.15) is 0 Å². The summed E-state index contributed by atoms with van der Waals surface area (Å²) in [6.45, 7) is 0.513. The van der Waals surface area contributed by atoms with E-state index >= 15 is 0 Å². The van der Waals surface area contributed by atoms with Gasteiger partial charge >= 0.3 is 0 Å². The number of benzene rings is 1. The molecule has 2 aromatic rings. The average molecular weight is 293 g/mol. The second kappa shape index (κ2) is 5.68. The third-order valence-electron chi connectivity index (χ3n) is 2.31. The van der Waals surface area contributed by atoms with E-state index in [-0.39, 0.29) is 0 Å². The van der Waals surface area contributed by atoms with E-state index in [0.29, 0.717) is 6.61 Å². The Kier molecular flexibility index (Phi) is 3.98. The molecular weight excluding hydrogens is 280 g/mol. The van der Waals surface area contributed by atoms with Gasteiger partial charge in [0.1, 0.15) is 18.2 Å². The molecule has 0 saturated carbocycles. The summed E-state index contributed by atoms with van der Waals surface area (Å²) >= 11 is 3.44. The maximum atomic E-state index is 5.69. The number of nitrogens with one attached hydrogen (secondary N) is 1. The standard InChI is InChI=1S/C13H13BrN2O/c1-15-13-7-6-10(8-16-13)9-17-12-5-3-2-4-11(12)14/h2-8H,9H2,1H3,(H,15,16). The zero-order valence-corrected chi connectivity index (χ0v) is 11.1. The molecule has 0 spiro atoms.